The van der Waals surface area contributed by atoms with Crippen LogP contribution in [-0.4, -0.2) is 52.2 Å². The fourth-order valence-electron chi connectivity index (χ4n) is 3.58. The number of nitrogens with one attached hydrogen (secondary N) is 2. The Kier molecular flexibility index (Phi) is 6.92. The van der Waals surface area contributed by atoms with Crippen LogP contribution in [0.25, 0.3) is 5.69 Å². The van der Waals surface area contributed by atoms with Crippen LogP contribution in [0.1, 0.15) is 49.5 Å². The van der Waals surface area contributed by atoms with Crippen LogP contribution in [0.3, 0.4) is 0 Å². The van der Waals surface area contributed by atoms with Gasteiger partial charge in [-0.2, -0.15) is 5.26 Å². The molecule has 1 fully saturated rings. The number of ether oxygens (including phenoxy) is 1. The molecule has 1 aromatic heterocycles. The van der Waals surface area contributed by atoms with E-state index in [9.17, 15) is 14.4 Å². The number of aromatic nitrogens is 1. The first kappa shape index (κ1) is 23.7. The minimum Gasteiger partial charge on any atom is -0.444 e. The van der Waals surface area contributed by atoms with E-state index in [1.54, 1.807) is 66.9 Å². The van der Waals surface area contributed by atoms with Crippen LogP contribution in [0.4, 0.5) is 15.3 Å². The maximum Gasteiger partial charge on any atom is 0.410 e. The molecule has 0 bridgehead atoms. The van der Waals surface area contributed by atoms with E-state index in [4.69, 9.17) is 15.7 Å². The van der Waals surface area contributed by atoms with Gasteiger partial charge < -0.3 is 30.6 Å². The molecule has 1 aromatic carbocycles. The first-order chi connectivity index (χ1) is 15.6. The van der Waals surface area contributed by atoms with E-state index in [0.29, 0.717) is 30.8 Å². The summed E-state index contributed by atoms with van der Waals surface area (Å²) < 4.78 is 7.10. The predicted molar refractivity (Wildman–Crippen MR) is 122 cm³/mol. The quantitative estimate of drug-likeness (QED) is 0.654. The van der Waals surface area contributed by atoms with Crippen molar-refractivity contribution >= 4 is 23.7 Å². The minimum absolute atomic E-state index is 0.229. The van der Waals surface area contributed by atoms with E-state index in [-0.39, 0.29) is 17.3 Å². The second-order valence-electron chi connectivity index (χ2n) is 8.88. The molecule has 1 unspecified atom stereocenters. The van der Waals surface area contributed by atoms with Crippen LogP contribution in [0.2, 0.25) is 0 Å². The predicted octanol–water partition coefficient (Wildman–Crippen LogP) is 2.97. The maximum atomic E-state index is 13.1. The number of piperidine rings is 1. The van der Waals surface area contributed by atoms with Crippen molar-refractivity contribution in [2.75, 3.05) is 18.4 Å². The lowest BCUT2D eigenvalue weighted by Gasteiger charge is -2.34. The van der Waals surface area contributed by atoms with Crippen molar-refractivity contribution in [1.82, 2.24) is 14.8 Å². The summed E-state index contributed by atoms with van der Waals surface area (Å²) in [6.45, 7) is 6.31. The van der Waals surface area contributed by atoms with E-state index in [0.717, 1.165) is 6.42 Å². The molecular formula is C23H28N6O4. The summed E-state index contributed by atoms with van der Waals surface area (Å²) in [5.74, 6) is -0.401. The third-order valence-corrected chi connectivity index (χ3v) is 5.03. The van der Waals surface area contributed by atoms with Crippen LogP contribution in [0, 0.1) is 11.3 Å². The highest BCUT2D eigenvalue weighted by Gasteiger charge is 2.29. The largest absolute Gasteiger partial charge is 0.444 e. The molecule has 0 radical (unpaired) electrons. The number of urea groups is 1. The minimum atomic E-state index is -0.796. The van der Waals surface area contributed by atoms with Gasteiger partial charge in [0.25, 0.3) is 5.91 Å². The molecule has 10 nitrogen and oxygen atoms in total. The van der Waals surface area contributed by atoms with Gasteiger partial charge in [-0.1, -0.05) is 0 Å². The van der Waals surface area contributed by atoms with Crippen molar-refractivity contribution in [2.45, 2.75) is 45.3 Å². The summed E-state index contributed by atoms with van der Waals surface area (Å²) in [5.41, 5.74) is 6.37. The van der Waals surface area contributed by atoms with Crippen LogP contribution in [-0.2, 0) is 4.74 Å². The molecule has 2 aromatic rings. The summed E-state index contributed by atoms with van der Waals surface area (Å²) in [6.07, 6.45) is 4.18. The van der Waals surface area contributed by atoms with Gasteiger partial charge in [0.05, 0.1) is 22.9 Å². The topological polar surface area (TPSA) is 142 Å². The summed E-state index contributed by atoms with van der Waals surface area (Å²) in [7, 11) is 0. The van der Waals surface area contributed by atoms with Crippen LogP contribution < -0.4 is 16.4 Å². The number of nitriles is 1. The molecule has 3 rings (SSSR count). The van der Waals surface area contributed by atoms with E-state index >= 15 is 0 Å². The van der Waals surface area contributed by atoms with E-state index in [1.807, 2.05) is 0 Å². The first-order valence-electron chi connectivity index (χ1n) is 10.6. The van der Waals surface area contributed by atoms with Gasteiger partial charge in [0.1, 0.15) is 5.60 Å². The van der Waals surface area contributed by atoms with Crippen molar-refractivity contribution in [3.8, 4) is 11.8 Å². The molecule has 1 aliphatic rings. The molecule has 0 aliphatic carbocycles. The van der Waals surface area contributed by atoms with E-state index in [2.05, 4.69) is 16.7 Å². The number of likely N-dealkylation sites (tertiary alicyclic amines) is 1. The monoisotopic (exact) mass is 452 g/mol. The number of amides is 4. The molecule has 33 heavy (non-hydrogen) atoms. The van der Waals surface area contributed by atoms with Gasteiger partial charge in [0.2, 0.25) is 0 Å². The molecule has 4 amide bonds. The number of rotatable bonds is 4. The Labute approximate surface area is 192 Å². The number of nitrogens with two attached hydrogens (primary N) is 1. The zero-order valence-corrected chi connectivity index (χ0v) is 18.9. The maximum absolute atomic E-state index is 13.1. The highest BCUT2D eigenvalue weighted by atomic mass is 16.6. The summed E-state index contributed by atoms with van der Waals surface area (Å²) in [6, 6.07) is 7.76. The van der Waals surface area contributed by atoms with Gasteiger partial charge in [-0.25, -0.2) is 9.59 Å². The molecule has 1 saturated heterocycles. The Hall–Kier alpha value is -4.00. The number of benzene rings is 1. The normalized spacial score (nSPS) is 15.9. The second-order valence-corrected chi connectivity index (χ2v) is 8.88. The van der Waals surface area contributed by atoms with Crippen LogP contribution in [0.5, 0.6) is 0 Å². The molecule has 1 aliphatic heterocycles. The van der Waals surface area contributed by atoms with Crippen molar-refractivity contribution < 1.29 is 19.1 Å². The SMILES string of the molecule is CC(C)(C)OC(=O)N1CCCC(NC(=O)c2cn(-c3ccc(C#N)cc3)cc2NC(N)=O)C1. The van der Waals surface area contributed by atoms with Crippen molar-refractivity contribution in [3.63, 3.8) is 0 Å². The third kappa shape index (κ3) is 6.26. The number of primary amides is 1. The lowest BCUT2D eigenvalue weighted by Crippen LogP contribution is -2.50. The number of anilines is 1. The zero-order valence-electron chi connectivity index (χ0n) is 18.9. The lowest BCUT2D eigenvalue weighted by molar-refractivity contribution is 0.0185. The van der Waals surface area contributed by atoms with Crippen molar-refractivity contribution in [3.05, 3.63) is 47.8 Å². The third-order valence-electron chi connectivity index (χ3n) is 5.03. The average Bonchev–Trinajstić information content (AvgIpc) is 3.16. The fraction of sp³-hybridized carbons (Fsp3) is 0.391. The molecule has 10 heteroatoms. The van der Waals surface area contributed by atoms with Gasteiger partial charge in [0.15, 0.2) is 0 Å². The van der Waals surface area contributed by atoms with Gasteiger partial charge in [-0.05, 0) is 57.9 Å². The van der Waals surface area contributed by atoms with Crippen molar-refractivity contribution in [2.24, 2.45) is 5.73 Å². The Morgan fingerprint density at radius 3 is 2.48 bits per heavy atom. The van der Waals surface area contributed by atoms with Crippen LogP contribution >= 0.6 is 0 Å². The molecule has 0 spiro atoms. The Morgan fingerprint density at radius 1 is 1.18 bits per heavy atom. The average molecular weight is 453 g/mol. The molecule has 174 valence electrons. The first-order valence-corrected chi connectivity index (χ1v) is 10.6. The number of hydrogen-bond donors (Lipinski definition) is 3. The van der Waals surface area contributed by atoms with Gasteiger partial charge in [0, 0.05) is 37.2 Å². The summed E-state index contributed by atoms with van der Waals surface area (Å²) in [4.78, 5) is 38.5. The fourth-order valence-corrected chi connectivity index (χ4v) is 3.58. The molecule has 1 atom stereocenters. The summed E-state index contributed by atoms with van der Waals surface area (Å²) >= 11 is 0. The van der Waals surface area contributed by atoms with Gasteiger partial charge in [-0.15, -0.1) is 0 Å². The van der Waals surface area contributed by atoms with Crippen LogP contribution in [0.15, 0.2) is 36.7 Å². The zero-order chi connectivity index (χ0) is 24.2. The van der Waals surface area contributed by atoms with E-state index < -0.39 is 23.6 Å². The Balaban J connectivity index is 1.76. The van der Waals surface area contributed by atoms with Gasteiger partial charge in [-0.3, -0.25) is 4.79 Å². The molecular weight excluding hydrogens is 424 g/mol. The number of hydrogen-bond acceptors (Lipinski definition) is 5. The Morgan fingerprint density at radius 2 is 1.88 bits per heavy atom. The highest BCUT2D eigenvalue weighted by Crippen LogP contribution is 2.22. The standard InChI is InChI=1S/C23H28N6O4/c1-23(2,3)33-22(32)28-10-4-5-16(12-28)26-20(30)18-13-29(14-19(18)27-21(25)31)17-8-6-15(11-24)7-9-17/h6-9,13-14,16H,4-5,10,12H2,1-3H3,(H,26,30)(H3,25,27,31). The van der Waals surface area contributed by atoms with Crippen molar-refractivity contribution in [1.29, 1.82) is 5.26 Å². The summed E-state index contributed by atoms with van der Waals surface area (Å²) in [5, 5.41) is 14.4. The van der Waals surface area contributed by atoms with Gasteiger partial charge >= 0.3 is 12.1 Å². The number of carbonyl (C=O) groups excluding carboxylic acids is 3. The highest BCUT2D eigenvalue weighted by molar-refractivity contribution is 6.03. The second kappa shape index (κ2) is 9.65. The molecule has 4 N–H and O–H groups in total. The smallest absolute Gasteiger partial charge is 0.410 e. The molecule has 0 saturated carbocycles. The molecule has 2 heterocycles. The number of nitrogens with zero attached hydrogens (tertiary/aromatic N) is 3. The van der Waals surface area contributed by atoms with E-state index in [1.165, 1.54) is 0 Å². The lowest BCUT2D eigenvalue weighted by atomic mass is 10.1. The number of carbonyl (C=O) groups is 3. The Bertz CT molecular complexity index is 1080.